The van der Waals surface area contributed by atoms with Crippen molar-refractivity contribution in [1.82, 2.24) is 15.0 Å². The second-order valence-corrected chi connectivity index (χ2v) is 5.16. The highest BCUT2D eigenvalue weighted by molar-refractivity contribution is 5.41. The van der Waals surface area contributed by atoms with Crippen LogP contribution in [0.5, 0.6) is 0 Å². The largest absolute Gasteiger partial charge is 0.378 e. The minimum atomic E-state index is -0.149. The van der Waals surface area contributed by atoms with Crippen LogP contribution < -0.4 is 15.4 Å². The van der Waals surface area contributed by atoms with Crippen molar-refractivity contribution in [2.45, 2.75) is 6.61 Å². The van der Waals surface area contributed by atoms with Gasteiger partial charge in [0.1, 0.15) is 5.82 Å². The van der Waals surface area contributed by atoms with Crippen molar-refractivity contribution in [2.75, 3.05) is 43.1 Å². The van der Waals surface area contributed by atoms with Crippen LogP contribution in [0.3, 0.4) is 0 Å². The average molecular weight is 301 g/mol. The molecule has 3 rings (SSSR count). The van der Waals surface area contributed by atoms with Crippen LogP contribution in [-0.2, 0) is 11.3 Å². The summed E-state index contributed by atoms with van der Waals surface area (Å²) in [5.74, 6) is 1.59. The molecule has 0 atom stereocenters. The number of aromatic amines is 1. The number of methoxy groups -OCH3 is 1. The molecule has 1 aliphatic rings. The summed E-state index contributed by atoms with van der Waals surface area (Å²) in [7, 11) is 1.59. The van der Waals surface area contributed by atoms with E-state index in [9.17, 15) is 4.79 Å². The van der Waals surface area contributed by atoms with Gasteiger partial charge in [-0.2, -0.15) is 0 Å². The number of aromatic nitrogens is 3. The van der Waals surface area contributed by atoms with E-state index in [0.29, 0.717) is 18.2 Å². The summed E-state index contributed by atoms with van der Waals surface area (Å²) in [6, 6.07) is 7.38. The summed E-state index contributed by atoms with van der Waals surface area (Å²) in [5, 5.41) is 0. The standard InChI is InChI=1S/C15H19N5O2/c1-22-11-12-10-14(21)18-15(17-12)20-8-6-19(7-9-20)13-4-2-3-5-16-13/h2-5,10H,6-9,11H2,1H3,(H,17,18,21). The van der Waals surface area contributed by atoms with Crippen molar-refractivity contribution >= 4 is 11.8 Å². The van der Waals surface area contributed by atoms with E-state index in [1.165, 1.54) is 6.07 Å². The number of pyridine rings is 1. The molecule has 1 aliphatic heterocycles. The van der Waals surface area contributed by atoms with Crippen LogP contribution in [0.15, 0.2) is 35.3 Å². The normalized spacial score (nSPS) is 15.1. The predicted molar refractivity (Wildman–Crippen MR) is 84.2 cm³/mol. The zero-order valence-electron chi connectivity index (χ0n) is 12.5. The molecule has 22 heavy (non-hydrogen) atoms. The van der Waals surface area contributed by atoms with E-state index in [4.69, 9.17) is 4.74 Å². The number of rotatable bonds is 4. The molecule has 7 heteroatoms. The second-order valence-electron chi connectivity index (χ2n) is 5.16. The summed E-state index contributed by atoms with van der Waals surface area (Å²) < 4.78 is 5.05. The predicted octanol–water partition coefficient (Wildman–Crippen LogP) is 0.638. The molecule has 0 spiro atoms. The molecular weight excluding hydrogens is 282 g/mol. The van der Waals surface area contributed by atoms with Crippen LogP contribution in [0.1, 0.15) is 5.69 Å². The van der Waals surface area contributed by atoms with E-state index < -0.39 is 0 Å². The third-order valence-corrected chi connectivity index (χ3v) is 3.63. The molecule has 0 saturated carbocycles. The Morgan fingerprint density at radius 2 is 2.00 bits per heavy atom. The quantitative estimate of drug-likeness (QED) is 0.893. The molecule has 3 heterocycles. The zero-order valence-corrected chi connectivity index (χ0v) is 12.5. The molecule has 2 aromatic rings. The Morgan fingerprint density at radius 3 is 2.68 bits per heavy atom. The lowest BCUT2D eigenvalue weighted by Gasteiger charge is -2.35. The Kier molecular flexibility index (Phi) is 4.34. The SMILES string of the molecule is COCc1cc(=O)[nH]c(N2CCN(c3ccccn3)CC2)n1. The lowest BCUT2D eigenvalue weighted by Crippen LogP contribution is -2.47. The number of H-pyrrole nitrogens is 1. The fraction of sp³-hybridized carbons (Fsp3) is 0.400. The monoisotopic (exact) mass is 301 g/mol. The molecule has 0 aromatic carbocycles. The minimum absolute atomic E-state index is 0.149. The van der Waals surface area contributed by atoms with Crippen LogP contribution in [0.4, 0.5) is 11.8 Å². The Bertz CT molecular complexity index is 665. The van der Waals surface area contributed by atoms with Gasteiger partial charge in [0, 0.05) is 45.6 Å². The Hall–Kier alpha value is -2.41. The highest BCUT2D eigenvalue weighted by Crippen LogP contribution is 2.15. The summed E-state index contributed by atoms with van der Waals surface area (Å²) in [6.07, 6.45) is 1.80. The fourth-order valence-corrected chi connectivity index (χ4v) is 2.55. The topological polar surface area (TPSA) is 74.4 Å². The summed E-state index contributed by atoms with van der Waals surface area (Å²) >= 11 is 0. The number of piperazine rings is 1. The van der Waals surface area contributed by atoms with E-state index in [2.05, 4.69) is 24.8 Å². The fourth-order valence-electron chi connectivity index (χ4n) is 2.55. The third-order valence-electron chi connectivity index (χ3n) is 3.63. The maximum Gasteiger partial charge on any atom is 0.252 e. The molecule has 0 amide bonds. The van der Waals surface area contributed by atoms with Gasteiger partial charge in [0.25, 0.3) is 5.56 Å². The molecule has 7 nitrogen and oxygen atoms in total. The van der Waals surface area contributed by atoms with Crippen molar-refractivity contribution in [3.05, 3.63) is 46.5 Å². The van der Waals surface area contributed by atoms with Crippen molar-refractivity contribution in [1.29, 1.82) is 0 Å². The summed E-state index contributed by atoms with van der Waals surface area (Å²) in [5.41, 5.74) is 0.498. The first kappa shape index (κ1) is 14.5. The van der Waals surface area contributed by atoms with E-state index >= 15 is 0 Å². The number of hydrogen-bond acceptors (Lipinski definition) is 6. The summed E-state index contributed by atoms with van der Waals surface area (Å²) in [4.78, 5) is 27.7. The molecule has 116 valence electrons. The highest BCUT2D eigenvalue weighted by atomic mass is 16.5. The van der Waals surface area contributed by atoms with E-state index in [0.717, 1.165) is 32.0 Å². The van der Waals surface area contributed by atoms with Gasteiger partial charge in [-0.15, -0.1) is 0 Å². The van der Waals surface area contributed by atoms with E-state index in [1.54, 1.807) is 13.3 Å². The zero-order chi connectivity index (χ0) is 15.4. The Labute approximate surface area is 128 Å². The van der Waals surface area contributed by atoms with E-state index in [1.807, 2.05) is 18.2 Å². The van der Waals surface area contributed by atoms with Crippen molar-refractivity contribution < 1.29 is 4.74 Å². The molecule has 0 aliphatic carbocycles. The first-order chi connectivity index (χ1) is 10.8. The number of anilines is 2. The smallest absolute Gasteiger partial charge is 0.252 e. The van der Waals surface area contributed by atoms with Crippen LogP contribution in [0.25, 0.3) is 0 Å². The van der Waals surface area contributed by atoms with Gasteiger partial charge in [0.15, 0.2) is 0 Å². The molecule has 0 unspecified atom stereocenters. The van der Waals surface area contributed by atoms with Crippen molar-refractivity contribution in [2.24, 2.45) is 0 Å². The van der Waals surface area contributed by atoms with Gasteiger partial charge in [-0.3, -0.25) is 9.78 Å². The minimum Gasteiger partial charge on any atom is -0.378 e. The molecule has 1 N–H and O–H groups in total. The average Bonchev–Trinajstić information content (AvgIpc) is 2.56. The third kappa shape index (κ3) is 3.25. The van der Waals surface area contributed by atoms with Gasteiger partial charge in [-0.05, 0) is 12.1 Å². The molecule has 1 fully saturated rings. The van der Waals surface area contributed by atoms with Crippen molar-refractivity contribution in [3.63, 3.8) is 0 Å². The number of ether oxygens (including phenoxy) is 1. The van der Waals surface area contributed by atoms with Crippen LogP contribution in [0.2, 0.25) is 0 Å². The van der Waals surface area contributed by atoms with Gasteiger partial charge in [-0.1, -0.05) is 6.07 Å². The molecule has 0 bridgehead atoms. The number of nitrogens with one attached hydrogen (secondary N) is 1. The Morgan fingerprint density at radius 1 is 1.23 bits per heavy atom. The lowest BCUT2D eigenvalue weighted by molar-refractivity contribution is 0.181. The first-order valence-electron chi connectivity index (χ1n) is 7.26. The lowest BCUT2D eigenvalue weighted by atomic mass is 10.3. The van der Waals surface area contributed by atoms with Crippen molar-refractivity contribution in [3.8, 4) is 0 Å². The maximum atomic E-state index is 11.7. The summed E-state index contributed by atoms with van der Waals surface area (Å²) in [6.45, 7) is 3.60. The van der Waals surface area contributed by atoms with Gasteiger partial charge < -0.3 is 14.5 Å². The maximum absolute atomic E-state index is 11.7. The molecule has 1 saturated heterocycles. The highest BCUT2D eigenvalue weighted by Gasteiger charge is 2.19. The number of nitrogens with zero attached hydrogens (tertiary/aromatic N) is 4. The molecule has 0 radical (unpaired) electrons. The number of hydrogen-bond donors (Lipinski definition) is 1. The molecule has 2 aromatic heterocycles. The Balaban J connectivity index is 1.70. The van der Waals surface area contributed by atoms with Crippen LogP contribution in [-0.4, -0.2) is 48.2 Å². The van der Waals surface area contributed by atoms with Crippen LogP contribution in [0, 0.1) is 0 Å². The van der Waals surface area contributed by atoms with Gasteiger partial charge in [0.2, 0.25) is 5.95 Å². The molecular formula is C15H19N5O2. The van der Waals surface area contributed by atoms with Gasteiger partial charge in [-0.25, -0.2) is 9.97 Å². The van der Waals surface area contributed by atoms with Gasteiger partial charge >= 0.3 is 0 Å². The van der Waals surface area contributed by atoms with Crippen LogP contribution >= 0.6 is 0 Å². The first-order valence-corrected chi connectivity index (χ1v) is 7.26. The second kappa shape index (κ2) is 6.57. The van der Waals surface area contributed by atoms with Gasteiger partial charge in [0.05, 0.1) is 12.3 Å². The van der Waals surface area contributed by atoms with E-state index in [-0.39, 0.29) is 5.56 Å².